The van der Waals surface area contributed by atoms with Crippen LogP contribution in [0, 0.1) is 5.92 Å². The van der Waals surface area contributed by atoms with E-state index < -0.39 is 0 Å². The number of hydrogen-bond donors (Lipinski definition) is 3. The summed E-state index contributed by atoms with van der Waals surface area (Å²) < 4.78 is 5.59. The molecule has 0 radical (unpaired) electrons. The number of aromatic amines is 1. The van der Waals surface area contributed by atoms with E-state index in [9.17, 15) is 5.11 Å². The Labute approximate surface area is 187 Å². The van der Waals surface area contributed by atoms with E-state index in [4.69, 9.17) is 14.4 Å². The highest BCUT2D eigenvalue weighted by Crippen LogP contribution is 2.42. The highest BCUT2D eigenvalue weighted by atomic mass is 16.9. The fraction of sp³-hybridized carbons (Fsp3) is 0.440. The van der Waals surface area contributed by atoms with Crippen molar-refractivity contribution in [2.24, 2.45) is 5.92 Å². The summed E-state index contributed by atoms with van der Waals surface area (Å²) in [5, 5.41) is 11.1. The van der Waals surface area contributed by atoms with Crippen LogP contribution in [-0.2, 0) is 17.6 Å². The third-order valence-electron chi connectivity index (χ3n) is 7.25. The van der Waals surface area contributed by atoms with Crippen molar-refractivity contribution in [2.45, 2.75) is 38.1 Å². The molecule has 1 atom stereocenters. The van der Waals surface area contributed by atoms with Gasteiger partial charge < -0.3 is 24.5 Å². The Morgan fingerprint density at radius 3 is 2.78 bits per heavy atom. The summed E-state index contributed by atoms with van der Waals surface area (Å²) >= 11 is 0. The molecule has 1 aromatic heterocycles. The Balaban J connectivity index is 1.29. The van der Waals surface area contributed by atoms with Gasteiger partial charge in [0, 0.05) is 55.1 Å². The van der Waals surface area contributed by atoms with Crippen LogP contribution >= 0.6 is 0 Å². The van der Waals surface area contributed by atoms with E-state index in [-0.39, 0.29) is 0 Å². The van der Waals surface area contributed by atoms with Crippen molar-refractivity contribution in [3.05, 3.63) is 53.2 Å². The second kappa shape index (κ2) is 8.31. The van der Waals surface area contributed by atoms with Crippen LogP contribution in [0.4, 0.5) is 0 Å². The lowest BCUT2D eigenvalue weighted by Gasteiger charge is -2.40. The summed E-state index contributed by atoms with van der Waals surface area (Å²) in [6.07, 6.45) is 7.33. The molecule has 168 valence electrons. The molecular formula is C25H29N3O4. The number of phenolic OH excluding ortho intramolecular Hbond substituents is 1. The van der Waals surface area contributed by atoms with Crippen LogP contribution in [0.25, 0.3) is 10.9 Å². The van der Waals surface area contributed by atoms with Crippen LogP contribution in [0.2, 0.25) is 0 Å². The van der Waals surface area contributed by atoms with E-state index >= 15 is 0 Å². The Morgan fingerprint density at radius 2 is 1.91 bits per heavy atom. The number of benzene rings is 2. The molecule has 0 spiro atoms. The smallest absolute Gasteiger partial charge is 0.196 e. The van der Waals surface area contributed by atoms with Gasteiger partial charge in [0.05, 0.1) is 0 Å². The zero-order valence-corrected chi connectivity index (χ0v) is 18.1. The lowest BCUT2D eigenvalue weighted by atomic mass is 9.87. The van der Waals surface area contributed by atoms with Crippen molar-refractivity contribution in [3.63, 3.8) is 0 Å². The molecule has 7 nitrogen and oxygen atoms in total. The second-order valence-electron chi connectivity index (χ2n) is 9.18. The molecule has 1 unspecified atom stereocenters. The lowest BCUT2D eigenvalue weighted by molar-refractivity contribution is 0.0259. The van der Waals surface area contributed by atoms with Gasteiger partial charge >= 0.3 is 0 Å². The highest BCUT2D eigenvalue weighted by Gasteiger charge is 2.32. The number of rotatable bonds is 5. The van der Waals surface area contributed by atoms with E-state index in [1.54, 1.807) is 6.07 Å². The molecule has 3 aliphatic rings. The zero-order chi connectivity index (χ0) is 21.5. The van der Waals surface area contributed by atoms with Crippen LogP contribution in [-0.4, -0.2) is 41.3 Å². The van der Waals surface area contributed by atoms with E-state index in [1.807, 2.05) is 12.1 Å². The number of fused-ring (bicyclic) bond motifs is 3. The van der Waals surface area contributed by atoms with Crippen molar-refractivity contribution in [1.82, 2.24) is 15.5 Å². The van der Waals surface area contributed by atoms with Crippen LogP contribution in [0.5, 0.6) is 17.2 Å². The fourth-order valence-electron chi connectivity index (χ4n) is 5.51. The van der Waals surface area contributed by atoms with E-state index in [0.29, 0.717) is 17.7 Å². The number of aromatic nitrogens is 1. The topological polar surface area (TPSA) is 79.0 Å². The Hall–Kier alpha value is -2.74. The normalized spacial score (nSPS) is 21.2. The third-order valence-corrected chi connectivity index (χ3v) is 7.25. The molecule has 7 heteroatoms. The molecule has 0 saturated carbocycles. The minimum atomic E-state index is 0.308. The monoisotopic (exact) mass is 435 g/mol. The number of hydrogen-bond acceptors (Lipinski definition) is 6. The number of H-pyrrole nitrogens is 1. The Bertz CT molecular complexity index is 1120. The molecule has 3 N–H and O–H groups in total. The van der Waals surface area contributed by atoms with Crippen LogP contribution in [0.3, 0.4) is 0 Å². The first kappa shape index (κ1) is 19.9. The van der Waals surface area contributed by atoms with Crippen molar-refractivity contribution in [1.29, 1.82) is 0 Å². The SMILES string of the molecule is Oc1ccc2[nH]cc(CCC3c4cc5c(cc4CCN3CC3CCOCC3)ONO5)c2c1. The molecule has 0 bridgehead atoms. The largest absolute Gasteiger partial charge is 0.508 e. The van der Waals surface area contributed by atoms with Crippen molar-refractivity contribution in [3.8, 4) is 17.2 Å². The lowest BCUT2D eigenvalue weighted by Crippen LogP contribution is -2.40. The van der Waals surface area contributed by atoms with E-state index in [2.05, 4.69) is 33.9 Å². The summed E-state index contributed by atoms with van der Waals surface area (Å²) in [5.74, 6) is 2.53. The zero-order valence-electron chi connectivity index (χ0n) is 18.1. The third kappa shape index (κ3) is 3.70. The van der Waals surface area contributed by atoms with Crippen LogP contribution in [0.15, 0.2) is 36.5 Å². The predicted molar refractivity (Wildman–Crippen MR) is 121 cm³/mol. The summed E-state index contributed by atoms with van der Waals surface area (Å²) in [5.41, 5.74) is 7.53. The van der Waals surface area contributed by atoms with Gasteiger partial charge in [0.15, 0.2) is 11.5 Å². The number of ether oxygens (including phenoxy) is 1. The fourth-order valence-corrected chi connectivity index (χ4v) is 5.51. The minimum absolute atomic E-state index is 0.308. The summed E-state index contributed by atoms with van der Waals surface area (Å²) in [4.78, 5) is 16.9. The maximum atomic E-state index is 9.97. The van der Waals surface area contributed by atoms with Gasteiger partial charge in [0.2, 0.25) is 0 Å². The van der Waals surface area contributed by atoms with Gasteiger partial charge in [-0.3, -0.25) is 4.90 Å². The molecule has 3 aliphatic heterocycles. The summed E-state index contributed by atoms with van der Waals surface area (Å²) in [6, 6.07) is 10.1. The molecule has 32 heavy (non-hydrogen) atoms. The highest BCUT2D eigenvalue weighted by molar-refractivity contribution is 5.84. The quantitative estimate of drug-likeness (QED) is 0.562. The molecule has 1 fully saturated rings. The van der Waals surface area contributed by atoms with Gasteiger partial charge in [-0.1, -0.05) is 0 Å². The van der Waals surface area contributed by atoms with E-state index in [1.165, 1.54) is 16.7 Å². The van der Waals surface area contributed by atoms with Crippen molar-refractivity contribution in [2.75, 3.05) is 26.3 Å². The Morgan fingerprint density at radius 1 is 1.06 bits per heavy atom. The number of aromatic hydroxyl groups is 1. The standard InChI is InChI=1S/C25H29N3O4/c29-19-2-3-22-20(12-19)18(14-26-22)1-4-23-21-13-25-24(31-27-32-25)11-17(21)5-8-28(23)15-16-6-9-30-10-7-16/h2-3,11-14,16,23,26-27,29H,1,4-10,15H2. The van der Waals surface area contributed by atoms with Gasteiger partial charge in [-0.25, -0.2) is 0 Å². The van der Waals surface area contributed by atoms with Gasteiger partial charge in [0.25, 0.3) is 0 Å². The summed E-state index contributed by atoms with van der Waals surface area (Å²) in [6.45, 7) is 3.91. The summed E-state index contributed by atoms with van der Waals surface area (Å²) in [7, 11) is 0. The van der Waals surface area contributed by atoms with Gasteiger partial charge in [-0.15, -0.1) is 0 Å². The average Bonchev–Trinajstić information content (AvgIpc) is 3.44. The second-order valence-corrected chi connectivity index (χ2v) is 9.18. The van der Waals surface area contributed by atoms with Gasteiger partial charge in [0.1, 0.15) is 5.75 Å². The number of nitrogens with zero attached hydrogens (tertiary/aromatic N) is 1. The molecular weight excluding hydrogens is 406 g/mol. The minimum Gasteiger partial charge on any atom is -0.508 e. The van der Waals surface area contributed by atoms with Crippen molar-refractivity contribution >= 4 is 10.9 Å². The van der Waals surface area contributed by atoms with E-state index in [0.717, 1.165) is 80.8 Å². The molecule has 4 heterocycles. The van der Waals surface area contributed by atoms with Crippen molar-refractivity contribution < 1.29 is 19.5 Å². The van der Waals surface area contributed by atoms with Crippen LogP contribution in [0.1, 0.15) is 42.0 Å². The van der Waals surface area contributed by atoms with Crippen LogP contribution < -0.4 is 15.3 Å². The molecule has 0 amide bonds. The predicted octanol–water partition coefficient (Wildman–Crippen LogP) is 4.02. The maximum Gasteiger partial charge on any atom is 0.196 e. The van der Waals surface area contributed by atoms with Gasteiger partial charge in [-0.2, -0.15) is 0 Å². The number of phenols is 1. The Kier molecular flexibility index (Phi) is 5.17. The first-order chi connectivity index (χ1) is 15.7. The average molecular weight is 436 g/mol. The number of aryl methyl sites for hydroxylation is 1. The first-order valence-electron chi connectivity index (χ1n) is 11.6. The first-order valence-corrected chi connectivity index (χ1v) is 11.6. The molecule has 6 rings (SSSR count). The molecule has 0 aliphatic carbocycles. The molecule has 3 aromatic rings. The maximum absolute atomic E-state index is 9.97. The number of nitrogens with one attached hydrogen (secondary N) is 2. The molecule has 2 aromatic carbocycles. The molecule has 1 saturated heterocycles. The van der Waals surface area contributed by atoms with Gasteiger partial charge in [-0.05, 0) is 85.0 Å².